The number of benzene rings is 1. The molecule has 8 nitrogen and oxygen atoms in total. The second kappa shape index (κ2) is 6.08. The normalized spacial score (nSPS) is 15.4. The van der Waals surface area contributed by atoms with Crippen molar-refractivity contribution in [2.24, 2.45) is 5.18 Å². The van der Waals surface area contributed by atoms with Gasteiger partial charge in [-0.05, 0) is 17.7 Å². The number of nitrogens with zero attached hydrogens (tertiary/aromatic N) is 5. The second-order valence-electron chi connectivity index (χ2n) is 5.37. The molecule has 4 rings (SSSR count). The van der Waals surface area contributed by atoms with Crippen LogP contribution in [0.1, 0.15) is 22.3 Å². The number of pyridine rings is 1. The SMILES string of the molecule is O=NC(=O)c1ncc2c(n1)N(c1cccnc1)C(c1ccccc1)N2. The van der Waals surface area contributed by atoms with Gasteiger partial charge in [-0.3, -0.25) is 14.7 Å². The fraction of sp³-hybridized carbons (Fsp3) is 0.0588. The Morgan fingerprint density at radius 1 is 1.12 bits per heavy atom. The van der Waals surface area contributed by atoms with Crippen LogP contribution in [-0.4, -0.2) is 20.9 Å². The first-order chi connectivity index (χ1) is 12.3. The smallest absolute Gasteiger partial charge is 0.353 e. The van der Waals surface area contributed by atoms with Gasteiger partial charge in [-0.2, -0.15) is 0 Å². The number of aromatic nitrogens is 3. The first-order valence-electron chi connectivity index (χ1n) is 7.53. The predicted octanol–water partition coefficient (Wildman–Crippen LogP) is 3.04. The molecule has 3 heterocycles. The Morgan fingerprint density at radius 2 is 1.96 bits per heavy atom. The summed E-state index contributed by atoms with van der Waals surface area (Å²) >= 11 is 0. The van der Waals surface area contributed by atoms with Gasteiger partial charge in [0.15, 0.2) is 5.82 Å². The molecule has 1 N–H and O–H groups in total. The lowest BCUT2D eigenvalue weighted by Gasteiger charge is -2.26. The number of nitroso groups, excluding NO2 is 1. The van der Waals surface area contributed by atoms with Crippen LogP contribution < -0.4 is 10.2 Å². The average Bonchev–Trinajstić information content (AvgIpc) is 3.07. The molecule has 3 aromatic rings. The summed E-state index contributed by atoms with van der Waals surface area (Å²) in [5.41, 5.74) is 2.45. The summed E-state index contributed by atoms with van der Waals surface area (Å²) in [7, 11) is 0. The van der Waals surface area contributed by atoms with E-state index in [9.17, 15) is 9.70 Å². The maximum atomic E-state index is 11.6. The predicted molar refractivity (Wildman–Crippen MR) is 91.3 cm³/mol. The lowest BCUT2D eigenvalue weighted by Crippen LogP contribution is -2.24. The Balaban J connectivity index is 1.86. The minimum absolute atomic E-state index is 0.238. The van der Waals surface area contributed by atoms with Gasteiger partial charge in [0.25, 0.3) is 0 Å². The number of amides is 1. The highest BCUT2D eigenvalue weighted by Crippen LogP contribution is 2.43. The zero-order chi connectivity index (χ0) is 17.2. The quantitative estimate of drug-likeness (QED) is 0.736. The van der Waals surface area contributed by atoms with Crippen molar-refractivity contribution in [3.05, 3.63) is 77.4 Å². The topological polar surface area (TPSA) is 100 Å². The number of hydrogen-bond donors (Lipinski definition) is 1. The van der Waals surface area contributed by atoms with Crippen molar-refractivity contribution in [2.75, 3.05) is 10.2 Å². The van der Waals surface area contributed by atoms with E-state index >= 15 is 0 Å². The fourth-order valence-corrected chi connectivity index (χ4v) is 2.77. The zero-order valence-electron chi connectivity index (χ0n) is 12.9. The van der Waals surface area contributed by atoms with E-state index in [4.69, 9.17) is 0 Å². The summed E-state index contributed by atoms with van der Waals surface area (Å²) in [6.45, 7) is 0. The zero-order valence-corrected chi connectivity index (χ0v) is 12.9. The van der Waals surface area contributed by atoms with Crippen molar-refractivity contribution in [2.45, 2.75) is 6.17 Å². The molecule has 1 aliphatic heterocycles. The minimum atomic E-state index is -1.00. The van der Waals surface area contributed by atoms with Gasteiger partial charge in [-0.25, -0.2) is 9.97 Å². The van der Waals surface area contributed by atoms with Gasteiger partial charge in [0.05, 0.1) is 23.8 Å². The van der Waals surface area contributed by atoms with E-state index in [1.807, 2.05) is 47.4 Å². The molecule has 0 radical (unpaired) electrons. The molecule has 0 saturated heterocycles. The van der Waals surface area contributed by atoms with E-state index in [2.05, 4.69) is 25.4 Å². The Morgan fingerprint density at radius 3 is 2.68 bits per heavy atom. The van der Waals surface area contributed by atoms with Crippen molar-refractivity contribution in [1.82, 2.24) is 15.0 Å². The molecule has 1 aromatic carbocycles. The molecule has 122 valence electrons. The highest BCUT2D eigenvalue weighted by molar-refractivity contribution is 5.92. The molecule has 2 aromatic heterocycles. The standard InChI is InChI=1S/C17H12N6O2/c24-17(22-25)14-19-10-13-16(21-14)23(12-7-4-8-18-9-12)15(20-13)11-5-2-1-3-6-11/h1-10,15,20H. The molecule has 1 aliphatic rings. The molecule has 0 bridgehead atoms. The number of rotatable bonds is 3. The monoisotopic (exact) mass is 332 g/mol. The van der Waals surface area contributed by atoms with Crippen LogP contribution in [0.4, 0.5) is 17.2 Å². The van der Waals surface area contributed by atoms with E-state index in [1.54, 1.807) is 12.4 Å². The van der Waals surface area contributed by atoms with Gasteiger partial charge < -0.3 is 5.32 Å². The molecule has 0 spiro atoms. The van der Waals surface area contributed by atoms with Gasteiger partial charge in [0, 0.05) is 11.4 Å². The van der Waals surface area contributed by atoms with Crippen molar-refractivity contribution >= 4 is 23.1 Å². The third-order valence-corrected chi connectivity index (χ3v) is 3.86. The van der Waals surface area contributed by atoms with Crippen molar-refractivity contribution in [1.29, 1.82) is 0 Å². The van der Waals surface area contributed by atoms with Crippen molar-refractivity contribution in [3.63, 3.8) is 0 Å². The van der Waals surface area contributed by atoms with Gasteiger partial charge in [-0.15, -0.1) is 4.91 Å². The first kappa shape index (κ1) is 14.9. The number of carbonyl (C=O) groups is 1. The van der Waals surface area contributed by atoms with Crippen LogP contribution >= 0.6 is 0 Å². The molecule has 0 saturated carbocycles. The molecule has 8 heteroatoms. The first-order valence-corrected chi connectivity index (χ1v) is 7.53. The van der Waals surface area contributed by atoms with Crippen LogP contribution in [0.2, 0.25) is 0 Å². The summed E-state index contributed by atoms with van der Waals surface area (Å²) in [5, 5.41) is 5.73. The lowest BCUT2D eigenvalue weighted by molar-refractivity contribution is 0.0991. The third-order valence-electron chi connectivity index (χ3n) is 3.86. The Kier molecular flexibility index (Phi) is 3.62. The highest BCUT2D eigenvalue weighted by atomic mass is 16.3. The maximum Gasteiger partial charge on any atom is 0.353 e. The molecule has 0 aliphatic carbocycles. The molecule has 25 heavy (non-hydrogen) atoms. The molecular weight excluding hydrogens is 320 g/mol. The summed E-state index contributed by atoms with van der Waals surface area (Å²) in [4.78, 5) is 36.3. The molecular formula is C17H12N6O2. The lowest BCUT2D eigenvalue weighted by atomic mass is 10.1. The van der Waals surface area contributed by atoms with Gasteiger partial charge in [-0.1, -0.05) is 30.3 Å². The highest BCUT2D eigenvalue weighted by Gasteiger charge is 2.34. The van der Waals surface area contributed by atoms with E-state index in [0.717, 1.165) is 11.3 Å². The van der Waals surface area contributed by atoms with Gasteiger partial charge in [0.1, 0.15) is 6.17 Å². The molecule has 1 atom stereocenters. The maximum absolute atomic E-state index is 11.6. The van der Waals surface area contributed by atoms with Gasteiger partial charge >= 0.3 is 5.91 Å². The minimum Gasteiger partial charge on any atom is -0.357 e. The van der Waals surface area contributed by atoms with E-state index in [0.29, 0.717) is 11.5 Å². The number of anilines is 3. The number of nitrogens with one attached hydrogen (secondary N) is 1. The molecule has 1 amide bonds. The number of hydrogen-bond acceptors (Lipinski definition) is 7. The van der Waals surface area contributed by atoms with E-state index in [1.165, 1.54) is 6.20 Å². The van der Waals surface area contributed by atoms with Crippen LogP contribution in [-0.2, 0) is 0 Å². The van der Waals surface area contributed by atoms with Crippen LogP contribution in [0, 0.1) is 4.91 Å². The van der Waals surface area contributed by atoms with Crippen LogP contribution in [0.15, 0.2) is 66.2 Å². The Hall–Kier alpha value is -3.68. The Labute approximate surface area is 142 Å². The van der Waals surface area contributed by atoms with Crippen LogP contribution in [0.25, 0.3) is 0 Å². The summed E-state index contributed by atoms with van der Waals surface area (Å²) in [6, 6.07) is 13.5. The molecule has 1 unspecified atom stereocenters. The molecule has 0 fully saturated rings. The fourth-order valence-electron chi connectivity index (χ4n) is 2.77. The summed E-state index contributed by atoms with van der Waals surface area (Å²) in [5.74, 6) is -0.751. The third kappa shape index (κ3) is 2.59. The van der Waals surface area contributed by atoms with Crippen molar-refractivity contribution in [3.8, 4) is 0 Å². The van der Waals surface area contributed by atoms with Gasteiger partial charge in [0.2, 0.25) is 5.82 Å². The van der Waals surface area contributed by atoms with E-state index in [-0.39, 0.29) is 12.0 Å². The van der Waals surface area contributed by atoms with E-state index < -0.39 is 5.91 Å². The van der Waals surface area contributed by atoms with Crippen molar-refractivity contribution < 1.29 is 4.79 Å². The van der Waals surface area contributed by atoms with Crippen LogP contribution in [0.3, 0.4) is 0 Å². The Bertz CT molecular complexity index is 932. The van der Waals surface area contributed by atoms with Crippen LogP contribution in [0.5, 0.6) is 0 Å². The largest absolute Gasteiger partial charge is 0.357 e. The number of fused-ring (bicyclic) bond motifs is 1. The summed E-state index contributed by atoms with van der Waals surface area (Å²) < 4.78 is 0. The second-order valence-corrected chi connectivity index (χ2v) is 5.37. The average molecular weight is 332 g/mol. The number of carbonyl (C=O) groups excluding carboxylic acids is 1. The summed E-state index contributed by atoms with van der Waals surface area (Å²) in [6.07, 6.45) is 4.61.